The molecule has 0 aliphatic carbocycles. The first kappa shape index (κ1) is 12.3. The van der Waals surface area contributed by atoms with Crippen LogP contribution in [0.2, 0.25) is 0 Å². The zero-order valence-corrected chi connectivity index (χ0v) is 10.00. The Morgan fingerprint density at radius 3 is 2.17 bits per heavy atom. The summed E-state index contributed by atoms with van der Waals surface area (Å²) in [6.07, 6.45) is 0. The van der Waals surface area contributed by atoms with Crippen LogP contribution in [0.15, 0.2) is 0 Å². The number of carbonyl (C=O) groups excluding carboxylic acids is 1. The highest BCUT2D eigenvalue weighted by molar-refractivity contribution is 8.69. The van der Waals surface area contributed by atoms with E-state index in [1.165, 1.54) is 10.8 Å². The number of likely N-dealkylation sites (N-methyl/N-ethyl adjacent to an activating group) is 1. The van der Waals surface area contributed by atoms with Crippen LogP contribution in [0.25, 0.3) is 0 Å². The van der Waals surface area contributed by atoms with Gasteiger partial charge in [-0.05, 0) is 34.9 Å². The zero-order chi connectivity index (χ0) is 9.94. The van der Waals surface area contributed by atoms with Gasteiger partial charge in [0.25, 0.3) is 0 Å². The van der Waals surface area contributed by atoms with Gasteiger partial charge in [-0.25, -0.2) is 0 Å². The van der Waals surface area contributed by atoms with Crippen molar-refractivity contribution in [2.45, 2.75) is 31.6 Å². The molecule has 0 saturated carbocycles. The van der Waals surface area contributed by atoms with Crippen molar-refractivity contribution in [2.24, 2.45) is 0 Å². The molecule has 0 rings (SSSR count). The van der Waals surface area contributed by atoms with Crippen LogP contribution in [-0.2, 0) is 4.79 Å². The second kappa shape index (κ2) is 4.53. The highest BCUT2D eigenvalue weighted by Crippen LogP contribution is 2.29. The lowest BCUT2D eigenvalue weighted by Crippen LogP contribution is -2.42. The van der Waals surface area contributed by atoms with E-state index in [0.717, 1.165) is 0 Å². The van der Waals surface area contributed by atoms with Crippen molar-refractivity contribution in [1.29, 1.82) is 0 Å². The second-order valence-corrected chi connectivity index (χ2v) is 5.36. The lowest BCUT2D eigenvalue weighted by Gasteiger charge is -2.27. The smallest absolute Gasteiger partial charge is 0.165 e. The minimum Gasteiger partial charge on any atom is -0.300 e. The Bertz CT molecular complexity index is 168. The van der Waals surface area contributed by atoms with E-state index in [2.05, 4.69) is 11.7 Å². The molecule has 0 fully saturated rings. The standard InChI is InChI=1S/C8H17NOS2/c1-6(9(4)5)7(10)8(2,3)12-11/h6,11H,1-5H3/t6-/m0/s1. The fraction of sp³-hybridized carbons (Fsp3) is 0.875. The van der Waals surface area contributed by atoms with Crippen molar-refractivity contribution in [2.75, 3.05) is 14.1 Å². The van der Waals surface area contributed by atoms with E-state index < -0.39 is 4.75 Å². The molecule has 0 aliphatic heterocycles. The predicted octanol–water partition coefficient (Wildman–Crippen LogP) is 1.86. The van der Waals surface area contributed by atoms with Crippen molar-refractivity contribution in [3.63, 3.8) is 0 Å². The van der Waals surface area contributed by atoms with Crippen molar-refractivity contribution in [3.8, 4) is 0 Å². The van der Waals surface area contributed by atoms with Gasteiger partial charge >= 0.3 is 0 Å². The van der Waals surface area contributed by atoms with E-state index in [1.807, 2.05) is 39.8 Å². The maximum Gasteiger partial charge on any atom is 0.165 e. The fourth-order valence-corrected chi connectivity index (χ4v) is 1.31. The fourth-order valence-electron chi connectivity index (χ4n) is 0.783. The average Bonchev–Trinajstić information content (AvgIpc) is 2.01. The summed E-state index contributed by atoms with van der Waals surface area (Å²) in [4.78, 5) is 13.6. The van der Waals surface area contributed by atoms with Gasteiger partial charge in [-0.2, -0.15) is 0 Å². The quantitative estimate of drug-likeness (QED) is 0.561. The van der Waals surface area contributed by atoms with Crippen molar-refractivity contribution < 1.29 is 4.79 Å². The normalized spacial score (nSPS) is 14.9. The molecule has 4 heteroatoms. The molecular formula is C8H17NOS2. The maximum atomic E-state index is 11.7. The van der Waals surface area contributed by atoms with Crippen LogP contribution in [0.5, 0.6) is 0 Å². The molecule has 0 aliphatic rings. The van der Waals surface area contributed by atoms with Crippen molar-refractivity contribution in [3.05, 3.63) is 0 Å². The first-order chi connectivity index (χ1) is 5.33. The highest BCUT2D eigenvalue weighted by Gasteiger charge is 2.31. The number of hydrogen-bond donors (Lipinski definition) is 1. The molecule has 0 N–H and O–H groups in total. The summed E-state index contributed by atoms with van der Waals surface area (Å²) in [5.41, 5.74) is 0. The van der Waals surface area contributed by atoms with Gasteiger partial charge in [-0.3, -0.25) is 9.69 Å². The molecule has 0 amide bonds. The van der Waals surface area contributed by atoms with Crippen LogP contribution in [0.4, 0.5) is 0 Å². The molecule has 0 radical (unpaired) electrons. The lowest BCUT2D eigenvalue weighted by molar-refractivity contribution is -0.124. The van der Waals surface area contributed by atoms with Crippen LogP contribution in [0.3, 0.4) is 0 Å². The molecular weight excluding hydrogens is 190 g/mol. The van der Waals surface area contributed by atoms with E-state index >= 15 is 0 Å². The number of ketones is 1. The maximum absolute atomic E-state index is 11.7. The summed E-state index contributed by atoms with van der Waals surface area (Å²) in [7, 11) is 5.11. The Kier molecular flexibility index (Phi) is 4.66. The minimum atomic E-state index is -0.396. The third-order valence-electron chi connectivity index (χ3n) is 1.98. The molecule has 0 unspecified atom stereocenters. The van der Waals surface area contributed by atoms with Crippen LogP contribution in [-0.4, -0.2) is 35.6 Å². The average molecular weight is 207 g/mol. The first-order valence-electron chi connectivity index (χ1n) is 3.86. The van der Waals surface area contributed by atoms with Gasteiger partial charge in [0.2, 0.25) is 0 Å². The molecule has 12 heavy (non-hydrogen) atoms. The molecule has 0 heterocycles. The molecule has 0 spiro atoms. The van der Waals surface area contributed by atoms with Gasteiger partial charge < -0.3 is 0 Å². The van der Waals surface area contributed by atoms with Gasteiger partial charge in [0.05, 0.1) is 10.8 Å². The summed E-state index contributed by atoms with van der Waals surface area (Å²) in [6, 6.07) is -0.0420. The van der Waals surface area contributed by atoms with Gasteiger partial charge in [0, 0.05) is 0 Å². The second-order valence-electron chi connectivity index (χ2n) is 3.61. The Morgan fingerprint density at radius 2 is 1.92 bits per heavy atom. The third-order valence-corrected chi connectivity index (χ3v) is 4.00. The monoisotopic (exact) mass is 207 g/mol. The van der Waals surface area contributed by atoms with Crippen LogP contribution in [0.1, 0.15) is 20.8 Å². The molecule has 0 bridgehead atoms. The van der Waals surface area contributed by atoms with Gasteiger partial charge in [-0.15, -0.1) is 11.7 Å². The van der Waals surface area contributed by atoms with Crippen LogP contribution >= 0.6 is 22.5 Å². The number of hydrogen-bond acceptors (Lipinski definition) is 4. The first-order valence-corrected chi connectivity index (χ1v) is 5.73. The third kappa shape index (κ3) is 2.99. The van der Waals surface area contributed by atoms with E-state index in [0.29, 0.717) is 0 Å². The van der Waals surface area contributed by atoms with Crippen LogP contribution in [0, 0.1) is 0 Å². The van der Waals surface area contributed by atoms with Gasteiger partial charge in [-0.1, -0.05) is 10.8 Å². The highest BCUT2D eigenvalue weighted by atomic mass is 33.1. The SMILES string of the molecule is C[C@@H](C(=O)C(C)(C)SS)N(C)C. The molecule has 2 nitrogen and oxygen atoms in total. The Labute approximate surface area is 83.9 Å². The Hall–Kier alpha value is 0.330. The number of thiol groups is 1. The molecule has 0 saturated heterocycles. The zero-order valence-electron chi connectivity index (χ0n) is 8.29. The topological polar surface area (TPSA) is 20.3 Å². The summed E-state index contributed by atoms with van der Waals surface area (Å²) >= 11 is 4.08. The van der Waals surface area contributed by atoms with E-state index in [1.54, 1.807) is 0 Å². The van der Waals surface area contributed by atoms with Gasteiger partial charge in [0.15, 0.2) is 5.78 Å². The number of Topliss-reactive ketones (excluding diaryl/α,β-unsaturated/α-hetero) is 1. The van der Waals surface area contributed by atoms with E-state index in [9.17, 15) is 4.79 Å². The van der Waals surface area contributed by atoms with Gasteiger partial charge in [0.1, 0.15) is 0 Å². The summed E-state index contributed by atoms with van der Waals surface area (Å²) in [5.74, 6) is 0.215. The van der Waals surface area contributed by atoms with E-state index in [-0.39, 0.29) is 11.8 Å². The van der Waals surface area contributed by atoms with Crippen molar-refractivity contribution >= 4 is 28.2 Å². The van der Waals surface area contributed by atoms with Crippen molar-refractivity contribution in [1.82, 2.24) is 4.90 Å². The minimum absolute atomic E-state index is 0.0420. The molecule has 72 valence electrons. The predicted molar refractivity (Wildman–Crippen MR) is 58.8 cm³/mol. The number of carbonyl (C=O) groups is 1. The summed E-state index contributed by atoms with van der Waals surface area (Å²) in [6.45, 7) is 5.70. The lowest BCUT2D eigenvalue weighted by atomic mass is 10.0. The molecule has 0 aromatic rings. The van der Waals surface area contributed by atoms with Crippen LogP contribution < -0.4 is 0 Å². The molecule has 0 aromatic carbocycles. The molecule has 1 atom stereocenters. The largest absolute Gasteiger partial charge is 0.300 e. The summed E-state index contributed by atoms with van der Waals surface area (Å²) in [5, 5.41) is 0. The molecule has 0 aromatic heterocycles. The Balaban J connectivity index is 4.39. The number of nitrogens with zero attached hydrogens (tertiary/aromatic N) is 1. The van der Waals surface area contributed by atoms with E-state index in [4.69, 9.17) is 0 Å². The summed E-state index contributed by atoms with van der Waals surface area (Å²) < 4.78 is -0.396. The number of rotatable bonds is 4. The Morgan fingerprint density at radius 1 is 1.50 bits per heavy atom.